The Morgan fingerprint density at radius 2 is 1.51 bits per heavy atom. The Hall–Kier alpha value is -3.66. The van der Waals surface area contributed by atoms with Crippen LogP contribution in [0.25, 0.3) is 5.76 Å². The van der Waals surface area contributed by atoms with Gasteiger partial charge in [-0.1, -0.05) is 68.8 Å². The maximum atomic E-state index is 13.4. The average molecular weight is 468 g/mol. The molecule has 0 aliphatic carbocycles. The Balaban J connectivity index is 1.86. The lowest BCUT2D eigenvalue weighted by Crippen LogP contribution is -2.29. The number of aliphatic hydroxyl groups excluding tert-OH is 1. The summed E-state index contributed by atoms with van der Waals surface area (Å²) in [6.07, 6.45) is 4.08. The molecule has 1 unspecified atom stereocenters. The third-order valence-electron chi connectivity index (χ3n) is 6.96. The maximum absolute atomic E-state index is 13.4. The summed E-state index contributed by atoms with van der Waals surface area (Å²) in [5.74, 6) is -1.43. The van der Waals surface area contributed by atoms with E-state index in [1.54, 1.807) is 6.07 Å². The van der Waals surface area contributed by atoms with Gasteiger partial charge in [0.2, 0.25) is 0 Å². The number of hydrogen-bond donors (Lipinski definition) is 1. The summed E-state index contributed by atoms with van der Waals surface area (Å²) in [6.45, 7) is 8.21. The fourth-order valence-corrected chi connectivity index (χ4v) is 4.60. The Morgan fingerprint density at radius 3 is 2.11 bits per heavy atom. The summed E-state index contributed by atoms with van der Waals surface area (Å²) < 4.78 is 0. The van der Waals surface area contributed by atoms with Crippen LogP contribution in [0.5, 0.6) is 0 Å². The van der Waals surface area contributed by atoms with Crippen molar-refractivity contribution in [2.24, 2.45) is 0 Å². The molecular weight excluding hydrogens is 434 g/mol. The SMILES string of the molecule is CCCCc1ccc(N2C(=O)C(=O)/C(=C(\O)c3ccc(C)c(C)c3)C2c2ccc(CC)cc2)cc1. The molecule has 180 valence electrons. The van der Waals surface area contributed by atoms with Gasteiger partial charge < -0.3 is 5.11 Å². The summed E-state index contributed by atoms with van der Waals surface area (Å²) in [6, 6.07) is 20.6. The minimum Gasteiger partial charge on any atom is -0.507 e. The van der Waals surface area contributed by atoms with Crippen LogP contribution in [0, 0.1) is 13.8 Å². The highest BCUT2D eigenvalue weighted by molar-refractivity contribution is 6.51. The molecule has 1 aliphatic rings. The number of aryl methyl sites for hydroxylation is 4. The molecule has 0 bridgehead atoms. The molecule has 4 nitrogen and oxygen atoms in total. The van der Waals surface area contributed by atoms with Gasteiger partial charge in [0.1, 0.15) is 5.76 Å². The first-order valence-corrected chi connectivity index (χ1v) is 12.4. The van der Waals surface area contributed by atoms with Gasteiger partial charge in [-0.05, 0) is 79.1 Å². The third-order valence-corrected chi connectivity index (χ3v) is 6.96. The van der Waals surface area contributed by atoms with Crippen LogP contribution in [0.4, 0.5) is 5.69 Å². The van der Waals surface area contributed by atoms with Crippen LogP contribution in [0.15, 0.2) is 72.3 Å². The lowest BCUT2D eigenvalue weighted by atomic mass is 9.93. The number of unbranched alkanes of at least 4 members (excludes halogenated alkanes) is 1. The smallest absolute Gasteiger partial charge is 0.300 e. The Kier molecular flexibility index (Phi) is 7.20. The normalized spacial score (nSPS) is 17.3. The molecule has 1 amide bonds. The Morgan fingerprint density at radius 1 is 0.857 bits per heavy atom. The molecule has 35 heavy (non-hydrogen) atoms. The molecule has 3 aromatic carbocycles. The minimum atomic E-state index is -0.705. The highest BCUT2D eigenvalue weighted by atomic mass is 16.3. The summed E-state index contributed by atoms with van der Waals surface area (Å²) in [5.41, 5.74) is 6.57. The fraction of sp³-hybridized carbons (Fsp3) is 0.290. The Bertz CT molecular complexity index is 1270. The second-order valence-corrected chi connectivity index (χ2v) is 9.33. The number of anilines is 1. The maximum Gasteiger partial charge on any atom is 0.300 e. The van der Waals surface area contributed by atoms with Crippen molar-refractivity contribution in [3.63, 3.8) is 0 Å². The summed E-state index contributed by atoms with van der Waals surface area (Å²) in [4.78, 5) is 28.3. The number of carbonyl (C=O) groups is 2. The van der Waals surface area contributed by atoms with Crippen molar-refractivity contribution in [1.29, 1.82) is 0 Å². The number of rotatable bonds is 7. The van der Waals surface area contributed by atoms with E-state index in [4.69, 9.17) is 0 Å². The largest absolute Gasteiger partial charge is 0.507 e. The number of Topliss-reactive ketones (excluding diaryl/α,β-unsaturated/α-hetero) is 1. The molecule has 1 aliphatic heterocycles. The first-order valence-electron chi connectivity index (χ1n) is 12.4. The van der Waals surface area contributed by atoms with Crippen molar-refractivity contribution in [2.45, 2.75) is 59.4 Å². The van der Waals surface area contributed by atoms with Crippen LogP contribution in [0.2, 0.25) is 0 Å². The first-order chi connectivity index (χ1) is 16.8. The molecule has 1 atom stereocenters. The van der Waals surface area contributed by atoms with E-state index in [-0.39, 0.29) is 11.3 Å². The van der Waals surface area contributed by atoms with Gasteiger partial charge in [-0.15, -0.1) is 0 Å². The quantitative estimate of drug-likeness (QED) is 0.235. The minimum absolute atomic E-state index is 0.123. The first kappa shape index (κ1) is 24.5. The van der Waals surface area contributed by atoms with E-state index in [0.717, 1.165) is 42.4 Å². The Labute approximate surface area is 207 Å². The lowest BCUT2D eigenvalue weighted by molar-refractivity contribution is -0.132. The number of nitrogens with zero attached hydrogens (tertiary/aromatic N) is 1. The van der Waals surface area contributed by atoms with E-state index in [2.05, 4.69) is 13.8 Å². The zero-order valence-electron chi connectivity index (χ0n) is 21.0. The molecule has 4 rings (SSSR count). The van der Waals surface area contributed by atoms with Crippen molar-refractivity contribution in [3.05, 3.63) is 106 Å². The number of hydrogen-bond acceptors (Lipinski definition) is 3. The van der Waals surface area contributed by atoms with Crippen molar-refractivity contribution < 1.29 is 14.7 Å². The van der Waals surface area contributed by atoms with Gasteiger partial charge in [0, 0.05) is 11.3 Å². The van der Waals surface area contributed by atoms with Crippen LogP contribution in [0.3, 0.4) is 0 Å². The van der Waals surface area contributed by atoms with Gasteiger partial charge in [-0.25, -0.2) is 0 Å². The van der Waals surface area contributed by atoms with Crippen molar-refractivity contribution in [1.82, 2.24) is 0 Å². The predicted octanol–water partition coefficient (Wildman–Crippen LogP) is 6.83. The van der Waals surface area contributed by atoms with Crippen molar-refractivity contribution >= 4 is 23.1 Å². The van der Waals surface area contributed by atoms with E-state index in [1.807, 2.05) is 74.5 Å². The fourth-order valence-electron chi connectivity index (χ4n) is 4.60. The molecule has 1 N–H and O–H groups in total. The zero-order chi connectivity index (χ0) is 25.1. The molecule has 1 heterocycles. The summed E-state index contributed by atoms with van der Waals surface area (Å²) >= 11 is 0. The second kappa shape index (κ2) is 10.3. The van der Waals surface area contributed by atoms with Gasteiger partial charge in [0.15, 0.2) is 0 Å². The van der Waals surface area contributed by atoms with Crippen molar-refractivity contribution in [2.75, 3.05) is 4.90 Å². The molecule has 1 saturated heterocycles. The topological polar surface area (TPSA) is 57.6 Å². The third kappa shape index (κ3) is 4.79. The molecule has 0 saturated carbocycles. The summed E-state index contributed by atoms with van der Waals surface area (Å²) in [7, 11) is 0. The molecule has 3 aromatic rings. The molecule has 4 heteroatoms. The zero-order valence-corrected chi connectivity index (χ0v) is 21.0. The predicted molar refractivity (Wildman–Crippen MR) is 142 cm³/mol. The number of amides is 1. The number of ketones is 1. The monoisotopic (exact) mass is 467 g/mol. The van der Waals surface area contributed by atoms with Crippen LogP contribution >= 0.6 is 0 Å². The molecule has 0 radical (unpaired) electrons. The second-order valence-electron chi connectivity index (χ2n) is 9.33. The lowest BCUT2D eigenvalue weighted by Gasteiger charge is -2.26. The van der Waals surface area contributed by atoms with Crippen LogP contribution in [0.1, 0.15) is 66.1 Å². The van der Waals surface area contributed by atoms with Crippen LogP contribution < -0.4 is 4.90 Å². The standard InChI is InChI=1S/C31H33NO3/c1-5-7-8-23-12-17-26(18-13-23)32-28(24-15-10-22(6-2)11-16-24)27(30(34)31(32)35)29(33)25-14-9-20(3)21(4)19-25/h9-19,28,33H,5-8H2,1-4H3/b29-27-. The van der Waals surface area contributed by atoms with E-state index >= 15 is 0 Å². The molecular formula is C31H33NO3. The van der Waals surface area contributed by atoms with E-state index in [0.29, 0.717) is 11.3 Å². The van der Waals surface area contributed by atoms with Gasteiger partial charge in [-0.2, -0.15) is 0 Å². The van der Waals surface area contributed by atoms with Gasteiger partial charge in [0.25, 0.3) is 11.7 Å². The van der Waals surface area contributed by atoms with Gasteiger partial charge in [0.05, 0.1) is 11.6 Å². The molecule has 1 fully saturated rings. The molecule has 0 spiro atoms. The van der Waals surface area contributed by atoms with Gasteiger partial charge >= 0.3 is 0 Å². The summed E-state index contributed by atoms with van der Waals surface area (Å²) in [5, 5.41) is 11.3. The number of aliphatic hydroxyl groups is 1. The van der Waals surface area contributed by atoms with E-state index in [1.165, 1.54) is 16.0 Å². The van der Waals surface area contributed by atoms with E-state index in [9.17, 15) is 14.7 Å². The number of carbonyl (C=O) groups excluding carboxylic acids is 2. The number of benzene rings is 3. The van der Waals surface area contributed by atoms with Gasteiger partial charge in [-0.3, -0.25) is 14.5 Å². The van der Waals surface area contributed by atoms with Crippen molar-refractivity contribution in [3.8, 4) is 0 Å². The van der Waals surface area contributed by atoms with Crippen LogP contribution in [-0.4, -0.2) is 16.8 Å². The highest BCUT2D eigenvalue weighted by Gasteiger charge is 2.46. The van der Waals surface area contributed by atoms with Crippen LogP contribution in [-0.2, 0) is 22.4 Å². The highest BCUT2D eigenvalue weighted by Crippen LogP contribution is 2.42. The molecule has 0 aromatic heterocycles. The average Bonchev–Trinajstić information content (AvgIpc) is 3.14. The van der Waals surface area contributed by atoms with E-state index < -0.39 is 17.7 Å².